The summed E-state index contributed by atoms with van der Waals surface area (Å²) in [4.78, 5) is 23.4. The number of carbonyl (C=O) groups is 2. The minimum absolute atomic E-state index is 0.143. The van der Waals surface area contributed by atoms with Gasteiger partial charge < -0.3 is 15.2 Å². The Kier molecular flexibility index (Phi) is 5.74. The summed E-state index contributed by atoms with van der Waals surface area (Å²) in [7, 11) is 0. The van der Waals surface area contributed by atoms with Gasteiger partial charge in [0.1, 0.15) is 18.2 Å². The number of nitrogens with one attached hydrogen (secondary N) is 1. The van der Waals surface area contributed by atoms with E-state index in [1.165, 1.54) is 12.1 Å². The van der Waals surface area contributed by atoms with Crippen LogP contribution in [0.4, 0.5) is 10.1 Å². The summed E-state index contributed by atoms with van der Waals surface area (Å²) in [5, 5.41) is 11.9. The third-order valence-corrected chi connectivity index (χ3v) is 4.90. The number of aryl methyl sites for hydroxylation is 1. The van der Waals surface area contributed by atoms with Crippen LogP contribution >= 0.6 is 0 Å². The van der Waals surface area contributed by atoms with E-state index in [2.05, 4.69) is 5.32 Å². The Labute approximate surface area is 157 Å². The largest absolute Gasteiger partial charge is 0.489 e. The first kappa shape index (κ1) is 18.9. The molecular formula is C21H22FNO4. The SMILES string of the molecule is Cc1cc(OCc2cccc(F)c2)ccc1NC(=O)[C@@H]1CC[C@H](C(=O)O)C1. The van der Waals surface area contributed by atoms with E-state index in [4.69, 9.17) is 9.84 Å². The lowest BCUT2D eigenvalue weighted by molar-refractivity contribution is -0.141. The van der Waals surface area contributed by atoms with Crippen LogP contribution < -0.4 is 10.1 Å². The minimum Gasteiger partial charge on any atom is -0.489 e. The van der Waals surface area contributed by atoms with Crippen molar-refractivity contribution in [3.05, 3.63) is 59.4 Å². The number of anilines is 1. The maximum absolute atomic E-state index is 13.2. The van der Waals surface area contributed by atoms with Crippen molar-refractivity contribution in [2.24, 2.45) is 11.8 Å². The van der Waals surface area contributed by atoms with Crippen molar-refractivity contribution in [2.75, 3.05) is 5.32 Å². The van der Waals surface area contributed by atoms with Crippen LogP contribution in [-0.2, 0) is 16.2 Å². The molecule has 0 aliphatic heterocycles. The van der Waals surface area contributed by atoms with Crippen molar-refractivity contribution in [3.8, 4) is 5.75 Å². The molecule has 5 nitrogen and oxygen atoms in total. The Balaban J connectivity index is 1.58. The Bertz CT molecular complexity index is 852. The molecule has 0 spiro atoms. The molecule has 0 radical (unpaired) electrons. The molecule has 0 unspecified atom stereocenters. The van der Waals surface area contributed by atoms with E-state index in [0.717, 1.165) is 11.1 Å². The molecule has 2 atom stereocenters. The van der Waals surface area contributed by atoms with Crippen LogP contribution in [0.2, 0.25) is 0 Å². The van der Waals surface area contributed by atoms with Crippen molar-refractivity contribution < 1.29 is 23.8 Å². The van der Waals surface area contributed by atoms with Crippen molar-refractivity contribution in [2.45, 2.75) is 32.8 Å². The number of carboxylic acids is 1. The number of benzene rings is 2. The molecule has 0 heterocycles. The third-order valence-electron chi connectivity index (χ3n) is 4.90. The van der Waals surface area contributed by atoms with E-state index in [0.29, 0.717) is 30.7 Å². The molecule has 1 amide bonds. The van der Waals surface area contributed by atoms with Gasteiger partial charge in [-0.1, -0.05) is 12.1 Å². The summed E-state index contributed by atoms with van der Waals surface area (Å²) in [6.45, 7) is 2.11. The number of aliphatic carboxylic acids is 1. The Morgan fingerprint density at radius 2 is 1.96 bits per heavy atom. The highest BCUT2D eigenvalue weighted by atomic mass is 19.1. The second-order valence-electron chi connectivity index (χ2n) is 6.93. The summed E-state index contributed by atoms with van der Waals surface area (Å²) >= 11 is 0. The smallest absolute Gasteiger partial charge is 0.306 e. The summed E-state index contributed by atoms with van der Waals surface area (Å²) in [5.41, 5.74) is 2.25. The number of carbonyl (C=O) groups excluding carboxylic acids is 1. The molecule has 0 saturated heterocycles. The molecule has 2 N–H and O–H groups in total. The Morgan fingerprint density at radius 3 is 2.63 bits per heavy atom. The van der Waals surface area contributed by atoms with Crippen molar-refractivity contribution >= 4 is 17.6 Å². The minimum atomic E-state index is -0.832. The fraction of sp³-hybridized carbons (Fsp3) is 0.333. The molecule has 2 aromatic rings. The van der Waals surface area contributed by atoms with E-state index in [1.54, 1.807) is 24.3 Å². The zero-order chi connectivity index (χ0) is 19.4. The highest BCUT2D eigenvalue weighted by Crippen LogP contribution is 2.32. The van der Waals surface area contributed by atoms with Gasteiger partial charge in [-0.3, -0.25) is 9.59 Å². The van der Waals surface area contributed by atoms with Crippen molar-refractivity contribution in [1.29, 1.82) is 0 Å². The number of hydrogen-bond acceptors (Lipinski definition) is 3. The van der Waals surface area contributed by atoms with Gasteiger partial charge in [0.15, 0.2) is 0 Å². The van der Waals surface area contributed by atoms with Crippen LogP contribution in [0.3, 0.4) is 0 Å². The molecule has 1 saturated carbocycles. The lowest BCUT2D eigenvalue weighted by atomic mass is 10.0. The second-order valence-corrected chi connectivity index (χ2v) is 6.93. The quantitative estimate of drug-likeness (QED) is 0.800. The number of rotatable bonds is 6. The van der Waals surface area contributed by atoms with Crippen LogP contribution in [0, 0.1) is 24.6 Å². The Hall–Kier alpha value is -2.89. The summed E-state index contributed by atoms with van der Waals surface area (Å²) in [6.07, 6.45) is 1.52. The molecular weight excluding hydrogens is 349 g/mol. The van der Waals surface area contributed by atoms with E-state index in [1.807, 2.05) is 13.0 Å². The number of halogens is 1. The molecule has 142 valence electrons. The highest BCUT2D eigenvalue weighted by Gasteiger charge is 2.33. The molecule has 1 fully saturated rings. The van der Waals surface area contributed by atoms with E-state index in [-0.39, 0.29) is 24.2 Å². The molecule has 27 heavy (non-hydrogen) atoms. The standard InChI is InChI=1S/C21H22FNO4/c1-13-9-18(27-12-14-3-2-4-17(22)10-14)7-8-19(13)23-20(24)15-5-6-16(11-15)21(25)26/h2-4,7-10,15-16H,5-6,11-12H2,1H3,(H,23,24)(H,25,26)/t15-,16+/m1/s1. The van der Waals surface area contributed by atoms with Gasteiger partial charge in [0, 0.05) is 11.6 Å². The molecule has 0 bridgehead atoms. The zero-order valence-electron chi connectivity index (χ0n) is 15.1. The van der Waals surface area contributed by atoms with Gasteiger partial charge in [0.2, 0.25) is 5.91 Å². The number of amides is 1. The van der Waals surface area contributed by atoms with Gasteiger partial charge >= 0.3 is 5.97 Å². The van der Waals surface area contributed by atoms with Crippen molar-refractivity contribution in [1.82, 2.24) is 0 Å². The van der Waals surface area contributed by atoms with Gasteiger partial charge in [-0.2, -0.15) is 0 Å². The maximum Gasteiger partial charge on any atom is 0.306 e. The van der Waals surface area contributed by atoms with E-state index >= 15 is 0 Å². The van der Waals surface area contributed by atoms with Gasteiger partial charge in [-0.15, -0.1) is 0 Å². The van der Waals surface area contributed by atoms with Crippen LogP contribution in [0.25, 0.3) is 0 Å². The van der Waals surface area contributed by atoms with Crippen LogP contribution in [0.1, 0.15) is 30.4 Å². The average molecular weight is 371 g/mol. The lowest BCUT2D eigenvalue weighted by Crippen LogP contribution is -2.22. The zero-order valence-corrected chi connectivity index (χ0v) is 15.1. The second kappa shape index (κ2) is 8.20. The first-order chi connectivity index (χ1) is 12.9. The number of ether oxygens (including phenoxy) is 1. The predicted octanol–water partition coefficient (Wildman–Crippen LogP) is 4.15. The van der Waals surface area contributed by atoms with E-state index in [9.17, 15) is 14.0 Å². The number of hydrogen-bond donors (Lipinski definition) is 2. The normalized spacial score (nSPS) is 18.9. The van der Waals surface area contributed by atoms with E-state index < -0.39 is 11.9 Å². The predicted molar refractivity (Wildman–Crippen MR) is 99.0 cm³/mol. The fourth-order valence-electron chi connectivity index (χ4n) is 3.34. The number of carboxylic acid groups (broad SMARTS) is 1. The molecule has 6 heteroatoms. The molecule has 0 aromatic heterocycles. The molecule has 1 aliphatic rings. The highest BCUT2D eigenvalue weighted by molar-refractivity contribution is 5.94. The van der Waals surface area contributed by atoms with Gasteiger partial charge in [-0.25, -0.2) is 4.39 Å². The fourth-order valence-corrected chi connectivity index (χ4v) is 3.34. The van der Waals surface area contributed by atoms with Gasteiger partial charge in [0.25, 0.3) is 0 Å². The topological polar surface area (TPSA) is 75.6 Å². The van der Waals surface area contributed by atoms with Crippen molar-refractivity contribution in [3.63, 3.8) is 0 Å². The van der Waals surface area contributed by atoms with Gasteiger partial charge in [-0.05, 0) is 67.6 Å². The summed E-state index contributed by atoms with van der Waals surface area (Å²) in [5.74, 6) is -1.35. The lowest BCUT2D eigenvalue weighted by Gasteiger charge is -2.14. The molecule has 3 rings (SSSR count). The van der Waals surface area contributed by atoms with Crippen LogP contribution in [-0.4, -0.2) is 17.0 Å². The first-order valence-electron chi connectivity index (χ1n) is 8.94. The Morgan fingerprint density at radius 1 is 1.19 bits per heavy atom. The third kappa shape index (κ3) is 4.84. The summed E-state index contributed by atoms with van der Waals surface area (Å²) in [6, 6.07) is 11.5. The molecule has 2 aromatic carbocycles. The average Bonchev–Trinajstić information content (AvgIpc) is 3.13. The maximum atomic E-state index is 13.2. The van der Waals surface area contributed by atoms with Crippen LogP contribution in [0.15, 0.2) is 42.5 Å². The monoisotopic (exact) mass is 371 g/mol. The first-order valence-corrected chi connectivity index (χ1v) is 8.94. The van der Waals surface area contributed by atoms with Gasteiger partial charge in [0.05, 0.1) is 5.92 Å². The molecule has 1 aliphatic carbocycles. The van der Waals surface area contributed by atoms with Crippen LogP contribution in [0.5, 0.6) is 5.75 Å². The summed E-state index contributed by atoms with van der Waals surface area (Å²) < 4.78 is 18.9.